The van der Waals surface area contributed by atoms with Gasteiger partial charge in [-0.15, -0.1) is 0 Å². The van der Waals surface area contributed by atoms with Crippen LogP contribution in [0.15, 0.2) is 11.1 Å². The van der Waals surface area contributed by atoms with Gasteiger partial charge in [0.2, 0.25) is 5.91 Å². The second-order valence-corrected chi connectivity index (χ2v) is 3.78. The Bertz CT molecular complexity index is 258. The summed E-state index contributed by atoms with van der Waals surface area (Å²) in [7, 11) is 0. The standard InChI is InChI=1S/C11H20N2O3/c1-9(10-7-12-8-10)11(15)13-3-2-5-16-6-4-14/h12,14H,2-8H2,1H3,(H,13,15). The SMILES string of the molecule is CC(C(=O)NCCCOCCO)=C1CNC1. The zero-order valence-electron chi connectivity index (χ0n) is 9.71. The quantitative estimate of drug-likeness (QED) is 0.403. The number of aliphatic hydroxyl groups is 1. The highest BCUT2D eigenvalue weighted by atomic mass is 16.5. The van der Waals surface area contributed by atoms with E-state index in [9.17, 15) is 4.79 Å². The number of carbonyl (C=O) groups excluding carboxylic acids is 1. The van der Waals surface area contributed by atoms with E-state index < -0.39 is 0 Å². The van der Waals surface area contributed by atoms with Crippen LogP contribution in [0.2, 0.25) is 0 Å². The number of nitrogens with one attached hydrogen (secondary N) is 2. The second kappa shape index (κ2) is 7.38. The van der Waals surface area contributed by atoms with Crippen molar-refractivity contribution in [3.8, 4) is 0 Å². The van der Waals surface area contributed by atoms with Crippen LogP contribution in [0.5, 0.6) is 0 Å². The monoisotopic (exact) mass is 228 g/mol. The van der Waals surface area contributed by atoms with Gasteiger partial charge in [0.25, 0.3) is 0 Å². The Balaban J connectivity index is 2.06. The third-order valence-corrected chi connectivity index (χ3v) is 2.53. The van der Waals surface area contributed by atoms with Crippen molar-refractivity contribution < 1.29 is 14.6 Å². The fourth-order valence-electron chi connectivity index (χ4n) is 1.35. The van der Waals surface area contributed by atoms with Crippen LogP contribution in [-0.4, -0.2) is 50.5 Å². The summed E-state index contributed by atoms with van der Waals surface area (Å²) >= 11 is 0. The molecule has 0 aromatic carbocycles. The van der Waals surface area contributed by atoms with E-state index in [2.05, 4.69) is 10.6 Å². The maximum atomic E-state index is 11.6. The molecule has 0 aromatic heterocycles. The van der Waals surface area contributed by atoms with Crippen molar-refractivity contribution in [2.75, 3.05) is 39.5 Å². The third-order valence-electron chi connectivity index (χ3n) is 2.53. The van der Waals surface area contributed by atoms with E-state index in [-0.39, 0.29) is 12.5 Å². The van der Waals surface area contributed by atoms with Crippen molar-refractivity contribution in [3.63, 3.8) is 0 Å². The van der Waals surface area contributed by atoms with E-state index in [1.54, 1.807) is 0 Å². The zero-order chi connectivity index (χ0) is 11.8. The van der Waals surface area contributed by atoms with Gasteiger partial charge in [-0.3, -0.25) is 4.79 Å². The van der Waals surface area contributed by atoms with Gasteiger partial charge < -0.3 is 20.5 Å². The first kappa shape index (κ1) is 13.2. The first-order valence-corrected chi connectivity index (χ1v) is 5.62. The molecular weight excluding hydrogens is 208 g/mol. The van der Waals surface area contributed by atoms with Gasteiger partial charge in [0.15, 0.2) is 0 Å². The molecular formula is C11H20N2O3. The minimum Gasteiger partial charge on any atom is -0.394 e. The van der Waals surface area contributed by atoms with Crippen LogP contribution in [0.1, 0.15) is 13.3 Å². The van der Waals surface area contributed by atoms with E-state index >= 15 is 0 Å². The number of ether oxygens (including phenoxy) is 1. The minimum atomic E-state index is 0.0126. The molecule has 1 aliphatic heterocycles. The summed E-state index contributed by atoms with van der Waals surface area (Å²) in [6.45, 7) is 5.11. The van der Waals surface area contributed by atoms with Crippen molar-refractivity contribution in [1.82, 2.24) is 10.6 Å². The molecule has 0 spiro atoms. The number of hydrogen-bond donors (Lipinski definition) is 3. The molecule has 1 heterocycles. The van der Waals surface area contributed by atoms with Gasteiger partial charge in [-0.05, 0) is 18.9 Å². The Kier molecular flexibility index (Phi) is 6.07. The fourth-order valence-corrected chi connectivity index (χ4v) is 1.35. The molecule has 1 amide bonds. The first-order valence-electron chi connectivity index (χ1n) is 5.62. The first-order chi connectivity index (χ1) is 7.75. The van der Waals surface area contributed by atoms with E-state index in [4.69, 9.17) is 9.84 Å². The summed E-state index contributed by atoms with van der Waals surface area (Å²) in [6.07, 6.45) is 0.770. The van der Waals surface area contributed by atoms with Crippen LogP contribution in [0.4, 0.5) is 0 Å². The molecule has 1 rings (SSSR count). The predicted molar refractivity (Wildman–Crippen MR) is 61.1 cm³/mol. The summed E-state index contributed by atoms with van der Waals surface area (Å²) < 4.78 is 5.08. The number of amides is 1. The van der Waals surface area contributed by atoms with Gasteiger partial charge in [-0.25, -0.2) is 0 Å². The molecule has 1 fully saturated rings. The van der Waals surface area contributed by atoms with Crippen LogP contribution in [0, 0.1) is 0 Å². The van der Waals surface area contributed by atoms with Gasteiger partial charge >= 0.3 is 0 Å². The zero-order valence-corrected chi connectivity index (χ0v) is 9.71. The smallest absolute Gasteiger partial charge is 0.246 e. The molecule has 3 N–H and O–H groups in total. The Morgan fingerprint density at radius 3 is 2.81 bits per heavy atom. The largest absolute Gasteiger partial charge is 0.394 e. The number of carbonyl (C=O) groups is 1. The highest BCUT2D eigenvalue weighted by Gasteiger charge is 2.15. The van der Waals surface area contributed by atoms with Crippen LogP contribution < -0.4 is 10.6 Å². The van der Waals surface area contributed by atoms with Crippen molar-refractivity contribution in [1.29, 1.82) is 0 Å². The number of rotatable bonds is 7. The lowest BCUT2D eigenvalue weighted by molar-refractivity contribution is -0.117. The average molecular weight is 228 g/mol. The molecule has 16 heavy (non-hydrogen) atoms. The molecule has 0 bridgehead atoms. The van der Waals surface area contributed by atoms with Crippen LogP contribution >= 0.6 is 0 Å². The lowest BCUT2D eigenvalue weighted by Crippen LogP contribution is -2.37. The molecule has 0 aromatic rings. The predicted octanol–water partition coefficient (Wildman–Crippen LogP) is -0.579. The molecule has 5 nitrogen and oxygen atoms in total. The molecule has 0 atom stereocenters. The maximum Gasteiger partial charge on any atom is 0.246 e. The summed E-state index contributed by atoms with van der Waals surface area (Å²) in [5, 5.41) is 14.4. The Hall–Kier alpha value is -0.910. The van der Waals surface area contributed by atoms with Crippen LogP contribution in [-0.2, 0) is 9.53 Å². The summed E-state index contributed by atoms with van der Waals surface area (Å²) in [4.78, 5) is 11.6. The van der Waals surface area contributed by atoms with E-state index in [0.717, 1.165) is 25.1 Å². The van der Waals surface area contributed by atoms with E-state index in [1.165, 1.54) is 5.57 Å². The van der Waals surface area contributed by atoms with Crippen molar-refractivity contribution in [3.05, 3.63) is 11.1 Å². The normalized spacial score (nSPS) is 14.5. The molecule has 92 valence electrons. The van der Waals surface area contributed by atoms with Crippen LogP contribution in [0.25, 0.3) is 0 Å². The topological polar surface area (TPSA) is 70.6 Å². The molecule has 0 aliphatic carbocycles. The lowest BCUT2D eigenvalue weighted by Gasteiger charge is -2.21. The summed E-state index contributed by atoms with van der Waals surface area (Å²) in [5.41, 5.74) is 2.02. The highest BCUT2D eigenvalue weighted by molar-refractivity contribution is 5.93. The Morgan fingerprint density at radius 1 is 1.50 bits per heavy atom. The van der Waals surface area contributed by atoms with Gasteiger partial charge in [-0.1, -0.05) is 0 Å². The Morgan fingerprint density at radius 2 is 2.25 bits per heavy atom. The van der Waals surface area contributed by atoms with E-state index in [1.807, 2.05) is 6.92 Å². The molecule has 0 unspecified atom stereocenters. The molecule has 5 heteroatoms. The molecule has 1 saturated heterocycles. The van der Waals surface area contributed by atoms with Gasteiger partial charge in [0.05, 0.1) is 13.2 Å². The lowest BCUT2D eigenvalue weighted by atomic mass is 10.0. The second-order valence-electron chi connectivity index (χ2n) is 3.78. The highest BCUT2D eigenvalue weighted by Crippen LogP contribution is 2.08. The molecule has 0 saturated carbocycles. The Labute approximate surface area is 95.9 Å². The molecule has 1 aliphatic rings. The average Bonchev–Trinajstić information content (AvgIpc) is 2.20. The van der Waals surface area contributed by atoms with Crippen LogP contribution in [0.3, 0.4) is 0 Å². The summed E-state index contributed by atoms with van der Waals surface area (Å²) in [5.74, 6) is 0.0126. The van der Waals surface area contributed by atoms with Gasteiger partial charge in [0, 0.05) is 31.8 Å². The van der Waals surface area contributed by atoms with E-state index in [0.29, 0.717) is 19.8 Å². The van der Waals surface area contributed by atoms with Gasteiger partial charge in [0.1, 0.15) is 0 Å². The van der Waals surface area contributed by atoms with Crippen molar-refractivity contribution in [2.45, 2.75) is 13.3 Å². The fraction of sp³-hybridized carbons (Fsp3) is 0.727. The van der Waals surface area contributed by atoms with Gasteiger partial charge in [-0.2, -0.15) is 0 Å². The van der Waals surface area contributed by atoms with Crippen molar-refractivity contribution in [2.24, 2.45) is 0 Å². The molecule has 0 radical (unpaired) electrons. The summed E-state index contributed by atoms with van der Waals surface area (Å²) in [6, 6.07) is 0. The van der Waals surface area contributed by atoms with Crippen molar-refractivity contribution >= 4 is 5.91 Å². The number of aliphatic hydroxyl groups excluding tert-OH is 1. The number of hydrogen-bond acceptors (Lipinski definition) is 4. The maximum absolute atomic E-state index is 11.6. The minimum absolute atomic E-state index is 0.0126. The third kappa shape index (κ3) is 4.30.